The minimum absolute atomic E-state index is 0.167. The Hall–Kier alpha value is -1.07. The SMILES string of the molecule is CCCCCCCCCCCCCCCCCC(=O)OC[C@H](COP(=O)(O)OC[C@@H](O)[C@H](O)CO)OC(=O)CCCCCCCCCCCCCCCCC. The van der Waals surface area contributed by atoms with Crippen LogP contribution in [0.25, 0.3) is 0 Å². The van der Waals surface area contributed by atoms with Crippen molar-refractivity contribution in [3.8, 4) is 0 Å². The van der Waals surface area contributed by atoms with E-state index in [9.17, 15) is 29.3 Å². The second-order valence-corrected chi connectivity index (χ2v) is 17.0. The van der Waals surface area contributed by atoms with E-state index in [4.69, 9.17) is 23.6 Å². The second-order valence-electron chi connectivity index (χ2n) is 15.6. The molecule has 0 spiro atoms. The number of hydrogen-bond acceptors (Lipinski definition) is 10. The van der Waals surface area contributed by atoms with E-state index >= 15 is 0 Å². The maximum Gasteiger partial charge on any atom is 0.472 e. The van der Waals surface area contributed by atoms with Crippen molar-refractivity contribution in [1.82, 2.24) is 0 Å². The second kappa shape index (κ2) is 39.7. The Labute approximate surface area is 336 Å². The third-order valence-corrected chi connectivity index (χ3v) is 11.1. The predicted molar refractivity (Wildman–Crippen MR) is 221 cm³/mol. The van der Waals surface area contributed by atoms with Gasteiger partial charge in [-0.1, -0.05) is 194 Å². The van der Waals surface area contributed by atoms with Crippen molar-refractivity contribution in [2.24, 2.45) is 0 Å². The van der Waals surface area contributed by atoms with Crippen LogP contribution in [0.15, 0.2) is 0 Å². The number of hydrogen-bond donors (Lipinski definition) is 4. The van der Waals surface area contributed by atoms with Crippen molar-refractivity contribution in [2.45, 2.75) is 238 Å². The van der Waals surface area contributed by atoms with Crippen molar-refractivity contribution >= 4 is 19.8 Å². The first kappa shape index (κ1) is 53.9. The number of esters is 2. The van der Waals surface area contributed by atoms with E-state index in [2.05, 4.69) is 13.8 Å². The van der Waals surface area contributed by atoms with Gasteiger partial charge in [-0.2, -0.15) is 0 Å². The molecule has 0 aromatic heterocycles. The van der Waals surface area contributed by atoms with Crippen LogP contribution in [0.3, 0.4) is 0 Å². The van der Waals surface area contributed by atoms with Gasteiger partial charge in [0.2, 0.25) is 0 Å². The fourth-order valence-corrected chi connectivity index (χ4v) is 7.29. The van der Waals surface area contributed by atoms with Gasteiger partial charge in [0.15, 0.2) is 6.10 Å². The Morgan fingerprint density at radius 1 is 0.473 bits per heavy atom. The number of carbonyl (C=O) groups is 2. The molecule has 0 aromatic rings. The fraction of sp³-hybridized carbons (Fsp3) is 0.953. The van der Waals surface area contributed by atoms with Crippen LogP contribution in [0.4, 0.5) is 0 Å². The third-order valence-electron chi connectivity index (χ3n) is 10.2. The van der Waals surface area contributed by atoms with Gasteiger partial charge in [-0.3, -0.25) is 18.6 Å². The number of unbranched alkanes of at least 4 members (excludes halogenated alkanes) is 28. The standard InChI is InChI=1S/C43H85O11P/c1-3-5-7-9-11-13-15-17-19-21-23-25-27-29-31-33-42(47)51-36-39(37-52-55(49,50)53-38-41(46)40(45)35-44)54-43(48)34-32-30-28-26-24-22-20-18-16-14-12-10-8-6-4-2/h39-41,44-46H,3-38H2,1-2H3,(H,49,50)/t39-,40-,41-/m1/s1. The molecule has 0 fully saturated rings. The van der Waals surface area contributed by atoms with Gasteiger partial charge < -0.3 is 29.7 Å². The van der Waals surface area contributed by atoms with Gasteiger partial charge in [-0.25, -0.2) is 4.57 Å². The summed E-state index contributed by atoms with van der Waals surface area (Å²) in [6.07, 6.45) is 32.7. The lowest BCUT2D eigenvalue weighted by Crippen LogP contribution is -2.33. The molecule has 328 valence electrons. The average Bonchev–Trinajstić information content (AvgIpc) is 3.17. The molecule has 0 rings (SSSR count). The van der Waals surface area contributed by atoms with Crippen LogP contribution in [-0.4, -0.2) is 76.9 Å². The number of ether oxygens (including phenoxy) is 2. The monoisotopic (exact) mass is 809 g/mol. The Balaban J connectivity index is 4.36. The third kappa shape index (κ3) is 38.2. The highest BCUT2D eigenvalue weighted by Gasteiger charge is 2.28. The molecule has 4 atom stereocenters. The number of phosphoric acid groups is 1. The molecule has 0 amide bonds. The molecule has 12 heteroatoms. The van der Waals surface area contributed by atoms with Crippen molar-refractivity contribution < 1.29 is 52.9 Å². The van der Waals surface area contributed by atoms with Gasteiger partial charge in [0.1, 0.15) is 18.8 Å². The van der Waals surface area contributed by atoms with E-state index in [1.165, 1.54) is 141 Å². The number of aliphatic hydroxyl groups excluding tert-OH is 3. The maximum atomic E-state index is 12.6. The maximum absolute atomic E-state index is 12.6. The molecule has 55 heavy (non-hydrogen) atoms. The molecule has 0 radical (unpaired) electrons. The summed E-state index contributed by atoms with van der Waals surface area (Å²) in [6, 6.07) is 0. The summed E-state index contributed by atoms with van der Waals surface area (Å²) in [5.74, 6) is -0.959. The topological polar surface area (TPSA) is 169 Å². The van der Waals surface area contributed by atoms with Crippen LogP contribution >= 0.6 is 7.82 Å². The summed E-state index contributed by atoms with van der Waals surface area (Å²) < 4.78 is 32.9. The highest BCUT2D eigenvalue weighted by Crippen LogP contribution is 2.43. The number of aliphatic hydroxyl groups is 3. The van der Waals surface area contributed by atoms with Gasteiger partial charge >= 0.3 is 19.8 Å². The Kier molecular flexibility index (Phi) is 39.0. The van der Waals surface area contributed by atoms with Crippen LogP contribution in [0, 0.1) is 0 Å². The fourth-order valence-electron chi connectivity index (χ4n) is 6.52. The zero-order chi connectivity index (χ0) is 40.7. The van der Waals surface area contributed by atoms with Crippen molar-refractivity contribution in [1.29, 1.82) is 0 Å². The summed E-state index contributed by atoms with van der Waals surface area (Å²) in [5, 5.41) is 28.1. The van der Waals surface area contributed by atoms with Gasteiger partial charge in [-0.15, -0.1) is 0 Å². The molecular weight excluding hydrogens is 723 g/mol. The molecule has 1 unspecified atom stereocenters. The predicted octanol–water partition coefficient (Wildman–Crippen LogP) is 10.8. The van der Waals surface area contributed by atoms with E-state index in [1.54, 1.807) is 0 Å². The van der Waals surface area contributed by atoms with E-state index in [1.807, 2.05) is 0 Å². The molecule has 4 N–H and O–H groups in total. The highest BCUT2D eigenvalue weighted by atomic mass is 31.2. The Bertz CT molecular complexity index is 906. The zero-order valence-corrected chi connectivity index (χ0v) is 36.2. The largest absolute Gasteiger partial charge is 0.472 e. The van der Waals surface area contributed by atoms with Crippen LogP contribution in [0.5, 0.6) is 0 Å². The Morgan fingerprint density at radius 2 is 0.800 bits per heavy atom. The van der Waals surface area contributed by atoms with Crippen molar-refractivity contribution in [2.75, 3.05) is 26.4 Å². The summed E-state index contributed by atoms with van der Waals surface area (Å²) in [5.41, 5.74) is 0. The number of phosphoric ester groups is 1. The molecule has 0 aliphatic carbocycles. The minimum Gasteiger partial charge on any atom is -0.462 e. The van der Waals surface area contributed by atoms with E-state index < -0.39 is 57.9 Å². The van der Waals surface area contributed by atoms with Gasteiger partial charge in [0, 0.05) is 12.8 Å². The van der Waals surface area contributed by atoms with Gasteiger partial charge in [0.05, 0.1) is 19.8 Å². The molecule has 0 bridgehead atoms. The van der Waals surface area contributed by atoms with E-state index in [-0.39, 0.29) is 19.4 Å². The highest BCUT2D eigenvalue weighted by molar-refractivity contribution is 7.47. The molecule has 0 heterocycles. The summed E-state index contributed by atoms with van der Waals surface area (Å²) in [4.78, 5) is 35.1. The lowest BCUT2D eigenvalue weighted by atomic mass is 10.0. The summed E-state index contributed by atoms with van der Waals surface area (Å²) >= 11 is 0. The van der Waals surface area contributed by atoms with Crippen molar-refractivity contribution in [3.05, 3.63) is 0 Å². The number of rotatable bonds is 43. The molecule has 0 aliphatic heterocycles. The van der Waals surface area contributed by atoms with Crippen LogP contribution in [0.1, 0.15) is 219 Å². The molecule has 0 saturated carbocycles. The average molecular weight is 809 g/mol. The zero-order valence-electron chi connectivity index (χ0n) is 35.3. The van der Waals surface area contributed by atoms with Crippen LogP contribution in [-0.2, 0) is 32.7 Å². The van der Waals surface area contributed by atoms with E-state index in [0.717, 1.165) is 38.5 Å². The molecule has 11 nitrogen and oxygen atoms in total. The Morgan fingerprint density at radius 3 is 1.16 bits per heavy atom. The van der Waals surface area contributed by atoms with Crippen molar-refractivity contribution in [3.63, 3.8) is 0 Å². The quantitative estimate of drug-likeness (QED) is 0.0263. The van der Waals surface area contributed by atoms with Crippen LogP contribution < -0.4 is 0 Å². The van der Waals surface area contributed by atoms with Crippen LogP contribution in [0.2, 0.25) is 0 Å². The minimum atomic E-state index is -4.73. The first-order chi connectivity index (χ1) is 26.6. The first-order valence-corrected chi connectivity index (χ1v) is 24.1. The molecule has 0 aliphatic rings. The smallest absolute Gasteiger partial charge is 0.462 e. The molecule has 0 aromatic carbocycles. The molecule has 0 saturated heterocycles. The lowest BCUT2D eigenvalue weighted by Gasteiger charge is -2.21. The van der Waals surface area contributed by atoms with E-state index in [0.29, 0.717) is 12.8 Å². The lowest BCUT2D eigenvalue weighted by molar-refractivity contribution is -0.161. The normalized spacial score (nSPS) is 14.4. The summed E-state index contributed by atoms with van der Waals surface area (Å²) in [6.45, 7) is 2.05. The first-order valence-electron chi connectivity index (χ1n) is 22.6. The van der Waals surface area contributed by atoms with Gasteiger partial charge in [-0.05, 0) is 12.8 Å². The van der Waals surface area contributed by atoms with Gasteiger partial charge in [0.25, 0.3) is 0 Å². The molecular formula is C43H85O11P. The summed E-state index contributed by atoms with van der Waals surface area (Å²) in [7, 11) is -4.73. The number of carbonyl (C=O) groups excluding carboxylic acids is 2.